The van der Waals surface area contributed by atoms with Gasteiger partial charge in [-0.25, -0.2) is 4.98 Å². The van der Waals surface area contributed by atoms with Crippen molar-refractivity contribution in [1.29, 1.82) is 0 Å². The summed E-state index contributed by atoms with van der Waals surface area (Å²) in [7, 11) is 0. The van der Waals surface area contributed by atoms with Crippen LogP contribution in [0.5, 0.6) is 0 Å². The zero-order valence-corrected chi connectivity index (χ0v) is 15.8. The highest BCUT2D eigenvalue weighted by atomic mass is 35.5. The van der Waals surface area contributed by atoms with E-state index >= 15 is 0 Å². The smallest absolute Gasteiger partial charge is 0.266 e. The van der Waals surface area contributed by atoms with Gasteiger partial charge in [-0.2, -0.15) is 0 Å². The van der Waals surface area contributed by atoms with Crippen LogP contribution in [0.25, 0.3) is 10.6 Å². The number of halogens is 1. The summed E-state index contributed by atoms with van der Waals surface area (Å²) >= 11 is 7.38. The predicted molar refractivity (Wildman–Crippen MR) is 104 cm³/mol. The first-order chi connectivity index (χ1) is 12.1. The third-order valence-electron chi connectivity index (χ3n) is 3.97. The lowest BCUT2D eigenvalue weighted by atomic mass is 10.2. The van der Waals surface area contributed by atoms with Crippen molar-refractivity contribution in [2.75, 3.05) is 6.54 Å². The number of carbonyl (C=O) groups excluding carboxylic acids is 1. The average Bonchev–Trinajstić information content (AvgIpc) is 3.02. The van der Waals surface area contributed by atoms with Crippen LogP contribution in [0.3, 0.4) is 0 Å². The van der Waals surface area contributed by atoms with Gasteiger partial charge in [0.1, 0.15) is 9.88 Å². The summed E-state index contributed by atoms with van der Waals surface area (Å²) in [4.78, 5) is 20.1. The van der Waals surface area contributed by atoms with Crippen LogP contribution in [0.4, 0.5) is 0 Å². The van der Waals surface area contributed by atoms with Crippen molar-refractivity contribution in [3.8, 4) is 10.6 Å². The molecule has 2 aromatic carbocycles. The SMILES string of the molecule is CCN(Cc1ccccc1)C(=O)c1sc(-c2ccc(Cl)cc2)nc1C. The van der Waals surface area contributed by atoms with Crippen LogP contribution in [-0.2, 0) is 6.54 Å². The lowest BCUT2D eigenvalue weighted by Gasteiger charge is -2.20. The third kappa shape index (κ3) is 4.09. The fraction of sp³-hybridized carbons (Fsp3) is 0.200. The van der Waals surface area contributed by atoms with Crippen molar-refractivity contribution in [1.82, 2.24) is 9.88 Å². The molecule has 5 heteroatoms. The molecule has 3 rings (SSSR count). The number of amides is 1. The van der Waals surface area contributed by atoms with E-state index in [4.69, 9.17) is 11.6 Å². The molecule has 0 atom stereocenters. The van der Waals surface area contributed by atoms with E-state index in [0.717, 1.165) is 21.8 Å². The highest BCUT2D eigenvalue weighted by molar-refractivity contribution is 7.17. The second-order valence-corrected chi connectivity index (χ2v) is 7.18. The maximum absolute atomic E-state index is 13.0. The Kier molecular flexibility index (Phi) is 5.51. The number of aryl methyl sites for hydroxylation is 1. The van der Waals surface area contributed by atoms with Crippen LogP contribution in [0, 0.1) is 6.92 Å². The van der Waals surface area contributed by atoms with E-state index in [1.54, 1.807) is 0 Å². The maximum atomic E-state index is 13.0. The minimum Gasteiger partial charge on any atom is -0.334 e. The Labute approximate surface area is 156 Å². The summed E-state index contributed by atoms with van der Waals surface area (Å²) in [6.45, 7) is 5.14. The predicted octanol–water partition coefficient (Wildman–Crippen LogP) is 5.43. The van der Waals surface area contributed by atoms with E-state index < -0.39 is 0 Å². The molecule has 0 spiro atoms. The minimum absolute atomic E-state index is 0.0292. The summed E-state index contributed by atoms with van der Waals surface area (Å²) in [5, 5.41) is 1.53. The van der Waals surface area contributed by atoms with Crippen molar-refractivity contribution >= 4 is 28.8 Å². The van der Waals surface area contributed by atoms with Crippen LogP contribution < -0.4 is 0 Å². The van der Waals surface area contributed by atoms with E-state index in [9.17, 15) is 4.79 Å². The summed E-state index contributed by atoms with van der Waals surface area (Å²) in [5.41, 5.74) is 2.87. The van der Waals surface area contributed by atoms with Crippen molar-refractivity contribution in [2.24, 2.45) is 0 Å². The molecule has 25 heavy (non-hydrogen) atoms. The second kappa shape index (κ2) is 7.81. The average molecular weight is 371 g/mol. The van der Waals surface area contributed by atoms with Crippen LogP contribution in [0.15, 0.2) is 54.6 Å². The third-order valence-corrected chi connectivity index (χ3v) is 5.41. The van der Waals surface area contributed by atoms with Gasteiger partial charge < -0.3 is 4.90 Å². The molecule has 0 aliphatic rings. The largest absolute Gasteiger partial charge is 0.334 e. The van der Waals surface area contributed by atoms with E-state index in [-0.39, 0.29) is 5.91 Å². The van der Waals surface area contributed by atoms with Gasteiger partial charge in [0.05, 0.1) is 5.69 Å². The monoisotopic (exact) mass is 370 g/mol. The van der Waals surface area contributed by atoms with Crippen molar-refractivity contribution in [2.45, 2.75) is 20.4 Å². The van der Waals surface area contributed by atoms with Gasteiger partial charge in [0.2, 0.25) is 0 Å². The lowest BCUT2D eigenvalue weighted by molar-refractivity contribution is 0.0756. The van der Waals surface area contributed by atoms with Crippen LogP contribution in [0.1, 0.15) is 27.9 Å². The first-order valence-corrected chi connectivity index (χ1v) is 9.34. The molecule has 0 fully saturated rings. The normalized spacial score (nSPS) is 10.7. The Balaban J connectivity index is 1.84. The molecule has 1 amide bonds. The molecule has 1 heterocycles. The van der Waals surface area contributed by atoms with Gasteiger partial charge in [-0.3, -0.25) is 4.79 Å². The number of carbonyl (C=O) groups is 1. The van der Waals surface area contributed by atoms with Gasteiger partial charge in [0.15, 0.2) is 0 Å². The summed E-state index contributed by atoms with van der Waals surface area (Å²) < 4.78 is 0. The first-order valence-electron chi connectivity index (χ1n) is 8.15. The number of hydrogen-bond acceptors (Lipinski definition) is 3. The fourth-order valence-corrected chi connectivity index (χ4v) is 3.75. The van der Waals surface area contributed by atoms with E-state index in [0.29, 0.717) is 23.0 Å². The number of hydrogen-bond donors (Lipinski definition) is 0. The van der Waals surface area contributed by atoms with Gasteiger partial charge >= 0.3 is 0 Å². The number of benzene rings is 2. The summed E-state index contributed by atoms with van der Waals surface area (Å²) in [6, 6.07) is 17.6. The van der Waals surface area contributed by atoms with Crippen molar-refractivity contribution in [3.63, 3.8) is 0 Å². The van der Waals surface area contributed by atoms with Crippen LogP contribution in [0.2, 0.25) is 5.02 Å². The second-order valence-electron chi connectivity index (χ2n) is 5.75. The van der Waals surface area contributed by atoms with Gasteiger partial charge in [0, 0.05) is 23.7 Å². The Bertz CT molecular complexity index is 859. The molecule has 0 radical (unpaired) electrons. The summed E-state index contributed by atoms with van der Waals surface area (Å²) in [6.07, 6.45) is 0. The Morgan fingerprint density at radius 1 is 1.12 bits per heavy atom. The van der Waals surface area contributed by atoms with Gasteiger partial charge in [0.25, 0.3) is 5.91 Å². The molecule has 3 nitrogen and oxygen atoms in total. The van der Waals surface area contributed by atoms with Crippen molar-refractivity contribution in [3.05, 3.63) is 75.8 Å². The molecular weight excluding hydrogens is 352 g/mol. The Hall–Kier alpha value is -2.17. The molecular formula is C20H19ClN2OS. The number of thiazole rings is 1. The molecule has 0 saturated carbocycles. The number of nitrogens with zero attached hydrogens (tertiary/aromatic N) is 2. The molecule has 128 valence electrons. The summed E-state index contributed by atoms with van der Waals surface area (Å²) in [5.74, 6) is 0.0292. The molecule has 1 aromatic heterocycles. The van der Waals surface area contributed by atoms with E-state index in [1.165, 1.54) is 11.3 Å². The Morgan fingerprint density at radius 2 is 1.80 bits per heavy atom. The molecule has 0 bridgehead atoms. The molecule has 0 saturated heterocycles. The first kappa shape index (κ1) is 17.6. The fourth-order valence-electron chi connectivity index (χ4n) is 2.59. The van der Waals surface area contributed by atoms with Crippen LogP contribution in [-0.4, -0.2) is 22.3 Å². The lowest BCUT2D eigenvalue weighted by Crippen LogP contribution is -2.30. The zero-order valence-electron chi connectivity index (χ0n) is 14.2. The standard InChI is InChI=1S/C20H19ClN2OS/c1-3-23(13-15-7-5-4-6-8-15)20(24)18-14(2)22-19(25-18)16-9-11-17(21)12-10-16/h4-12H,3,13H2,1-2H3. The van der Waals surface area contributed by atoms with Gasteiger partial charge in [-0.15, -0.1) is 11.3 Å². The maximum Gasteiger partial charge on any atom is 0.266 e. The van der Waals surface area contributed by atoms with Crippen molar-refractivity contribution < 1.29 is 4.79 Å². The van der Waals surface area contributed by atoms with Crippen LogP contribution >= 0.6 is 22.9 Å². The van der Waals surface area contributed by atoms with Gasteiger partial charge in [-0.1, -0.05) is 54.1 Å². The topological polar surface area (TPSA) is 33.2 Å². The Morgan fingerprint density at radius 3 is 2.44 bits per heavy atom. The minimum atomic E-state index is 0.0292. The number of aromatic nitrogens is 1. The zero-order chi connectivity index (χ0) is 17.8. The molecule has 0 aliphatic carbocycles. The number of rotatable bonds is 5. The molecule has 0 N–H and O–H groups in total. The quantitative estimate of drug-likeness (QED) is 0.599. The highest BCUT2D eigenvalue weighted by Crippen LogP contribution is 2.30. The molecule has 0 aliphatic heterocycles. The van der Waals surface area contributed by atoms with E-state index in [1.807, 2.05) is 73.3 Å². The molecule has 3 aromatic rings. The van der Waals surface area contributed by atoms with E-state index in [2.05, 4.69) is 4.98 Å². The highest BCUT2D eigenvalue weighted by Gasteiger charge is 2.21. The molecule has 0 unspecified atom stereocenters. The van der Waals surface area contributed by atoms with Gasteiger partial charge in [-0.05, 0) is 31.5 Å².